The van der Waals surface area contributed by atoms with E-state index in [1.807, 2.05) is 0 Å². The van der Waals surface area contributed by atoms with Crippen molar-refractivity contribution in [1.82, 2.24) is 16.0 Å². The molecule has 0 saturated carbocycles. The molecule has 4 atom stereocenters. The number of likely N-dealkylation sites (N-methyl/N-ethyl adjacent to an activating group) is 1. The summed E-state index contributed by atoms with van der Waals surface area (Å²) in [7, 11) is 1.43. The van der Waals surface area contributed by atoms with E-state index in [0.717, 1.165) is 0 Å². The van der Waals surface area contributed by atoms with Crippen molar-refractivity contribution in [3.05, 3.63) is 35.9 Å². The van der Waals surface area contributed by atoms with Gasteiger partial charge in [-0.25, -0.2) is 14.4 Å². The number of nitrogens with two attached hydrogens (primary N) is 2. The van der Waals surface area contributed by atoms with Crippen LogP contribution in [0.15, 0.2) is 35.3 Å². The van der Waals surface area contributed by atoms with E-state index < -0.39 is 41.5 Å². The standard InChI is InChI=1S/C17H21N7O5/c1-20-12(25)10-11-16(23-14(18)22-11)17(27,28)9(7-24(16)15(19)21-10)29-13(26)8-5-3-2-4-6-8/h2-6,9-11,27-28H,7H2,1H3,(H6,18,19,20,21,22,23,25)/p+1/t9-,10?,11-,16-/m0/s1. The van der Waals surface area contributed by atoms with Gasteiger partial charge in [0.25, 0.3) is 11.7 Å². The number of esters is 1. The van der Waals surface area contributed by atoms with E-state index >= 15 is 0 Å². The molecule has 3 heterocycles. The molecule has 3 aliphatic heterocycles. The predicted molar refractivity (Wildman–Crippen MR) is 99.4 cm³/mol. The number of aliphatic imine (C=N–C) groups is 1. The third-order valence-corrected chi connectivity index (χ3v) is 5.51. The molecule has 1 unspecified atom stereocenters. The summed E-state index contributed by atoms with van der Waals surface area (Å²) in [6, 6.07) is 6.04. The third kappa shape index (κ3) is 2.53. The highest BCUT2D eigenvalue weighted by Crippen LogP contribution is 2.42. The Bertz CT molecular complexity index is 931. The molecule has 3 aliphatic rings. The van der Waals surface area contributed by atoms with Gasteiger partial charge >= 0.3 is 11.9 Å². The van der Waals surface area contributed by atoms with E-state index in [1.165, 1.54) is 11.6 Å². The SMILES string of the molecule is CNC(=O)C1NC(N)=[N+]2C[C@H](OC(=O)c3ccccc3)C(O)(O)[C@@]23NC(N)=N[C@@H]13. The Balaban J connectivity index is 1.73. The maximum Gasteiger partial charge on any atom is 0.346 e. The van der Waals surface area contributed by atoms with Gasteiger partial charge in [-0.3, -0.25) is 15.8 Å². The van der Waals surface area contributed by atoms with Crippen molar-refractivity contribution in [2.24, 2.45) is 16.5 Å². The van der Waals surface area contributed by atoms with Crippen LogP contribution in [0.25, 0.3) is 0 Å². The van der Waals surface area contributed by atoms with Gasteiger partial charge in [-0.05, 0) is 12.1 Å². The summed E-state index contributed by atoms with van der Waals surface area (Å²) < 4.78 is 6.77. The second kappa shape index (κ2) is 6.32. The van der Waals surface area contributed by atoms with E-state index in [1.54, 1.807) is 30.3 Å². The first kappa shape index (κ1) is 19.0. The van der Waals surface area contributed by atoms with Crippen LogP contribution < -0.4 is 27.4 Å². The van der Waals surface area contributed by atoms with Gasteiger partial charge in [0.2, 0.25) is 5.66 Å². The molecule has 0 radical (unpaired) electrons. The molecule has 1 aromatic carbocycles. The van der Waals surface area contributed by atoms with Crippen LogP contribution in [-0.4, -0.2) is 81.8 Å². The van der Waals surface area contributed by atoms with Crippen LogP contribution >= 0.6 is 0 Å². The van der Waals surface area contributed by atoms with Gasteiger partial charge in [0.05, 0.1) is 5.56 Å². The van der Waals surface area contributed by atoms with Crippen LogP contribution in [0.1, 0.15) is 10.4 Å². The minimum Gasteiger partial charge on any atom is -0.449 e. The lowest BCUT2D eigenvalue weighted by molar-refractivity contribution is -0.622. The predicted octanol–water partition coefficient (Wildman–Crippen LogP) is -4.07. The highest BCUT2D eigenvalue weighted by atomic mass is 16.6. The topological polar surface area (TPSA) is 187 Å². The molecule has 1 amide bonds. The molecule has 1 fully saturated rings. The summed E-state index contributed by atoms with van der Waals surface area (Å²) in [6.45, 7) is -0.169. The molecule has 12 nitrogen and oxygen atoms in total. The number of nitrogens with zero attached hydrogens (tertiary/aromatic N) is 2. The van der Waals surface area contributed by atoms with Crippen molar-refractivity contribution in [3.8, 4) is 0 Å². The Labute approximate surface area is 165 Å². The van der Waals surface area contributed by atoms with E-state index in [-0.39, 0.29) is 24.0 Å². The maximum absolute atomic E-state index is 12.5. The molecule has 1 saturated heterocycles. The zero-order valence-electron chi connectivity index (χ0n) is 15.5. The second-order valence-corrected chi connectivity index (χ2v) is 7.07. The first-order valence-electron chi connectivity index (χ1n) is 8.92. The van der Waals surface area contributed by atoms with E-state index in [9.17, 15) is 19.8 Å². The number of hydrogen-bond donors (Lipinski definition) is 7. The fourth-order valence-electron chi connectivity index (χ4n) is 4.14. The molecule has 1 aromatic rings. The fourth-order valence-corrected chi connectivity index (χ4v) is 4.14. The van der Waals surface area contributed by atoms with Gasteiger partial charge in [-0.15, -0.1) is 0 Å². The lowest BCUT2D eigenvalue weighted by Gasteiger charge is -2.42. The number of rotatable bonds is 3. The minimum atomic E-state index is -2.67. The highest BCUT2D eigenvalue weighted by Gasteiger charge is 2.76. The number of guanidine groups is 2. The molecule has 154 valence electrons. The van der Waals surface area contributed by atoms with Crippen molar-refractivity contribution in [1.29, 1.82) is 0 Å². The van der Waals surface area contributed by atoms with Gasteiger partial charge in [0, 0.05) is 7.05 Å². The van der Waals surface area contributed by atoms with Gasteiger partial charge in [-0.2, -0.15) is 0 Å². The zero-order chi connectivity index (χ0) is 21.0. The first-order valence-corrected chi connectivity index (χ1v) is 8.92. The van der Waals surface area contributed by atoms with Crippen LogP contribution in [-0.2, 0) is 9.53 Å². The number of carbonyl (C=O) groups excluding carboxylic acids is 2. The molecule has 9 N–H and O–H groups in total. The average Bonchev–Trinajstić information content (AvgIpc) is 3.16. The van der Waals surface area contributed by atoms with E-state index in [2.05, 4.69) is 20.9 Å². The number of aliphatic hydroxyl groups is 2. The Morgan fingerprint density at radius 2 is 2.00 bits per heavy atom. The molecular weight excluding hydrogens is 382 g/mol. The van der Waals surface area contributed by atoms with Crippen LogP contribution in [0, 0.1) is 0 Å². The molecule has 4 rings (SSSR count). The molecule has 1 spiro atoms. The summed E-state index contributed by atoms with van der Waals surface area (Å²) in [5.74, 6) is -4.01. The second-order valence-electron chi connectivity index (χ2n) is 7.07. The van der Waals surface area contributed by atoms with Crippen LogP contribution in [0.2, 0.25) is 0 Å². The highest BCUT2D eigenvalue weighted by molar-refractivity contribution is 5.92. The molecule has 0 bridgehead atoms. The molecule has 0 aromatic heterocycles. The third-order valence-electron chi connectivity index (χ3n) is 5.51. The van der Waals surface area contributed by atoms with Gasteiger partial charge in [0.1, 0.15) is 6.54 Å². The maximum atomic E-state index is 12.5. The monoisotopic (exact) mass is 404 g/mol. The number of benzene rings is 1. The van der Waals surface area contributed by atoms with Gasteiger partial charge in [0.15, 0.2) is 24.1 Å². The van der Waals surface area contributed by atoms with E-state index in [0.29, 0.717) is 0 Å². The quantitative estimate of drug-likeness (QED) is 0.149. The van der Waals surface area contributed by atoms with Crippen molar-refractivity contribution >= 4 is 23.8 Å². The number of ether oxygens (including phenoxy) is 1. The number of hydrogen-bond acceptors (Lipinski definition) is 10. The first-order chi connectivity index (χ1) is 13.7. The number of carbonyl (C=O) groups is 2. The Morgan fingerprint density at radius 3 is 2.66 bits per heavy atom. The average molecular weight is 404 g/mol. The normalized spacial score (nSPS) is 31.7. The molecule has 29 heavy (non-hydrogen) atoms. The van der Waals surface area contributed by atoms with E-state index in [4.69, 9.17) is 16.2 Å². The Kier molecular flexibility index (Phi) is 4.13. The largest absolute Gasteiger partial charge is 0.449 e. The summed E-state index contributed by atoms with van der Waals surface area (Å²) in [6.07, 6.45) is -1.41. The molecular formula is C17H22N7O5+. The lowest BCUT2D eigenvalue weighted by Crippen LogP contribution is -2.79. The van der Waals surface area contributed by atoms with Crippen molar-refractivity contribution < 1.29 is 29.1 Å². The van der Waals surface area contributed by atoms with Crippen LogP contribution in [0.4, 0.5) is 0 Å². The van der Waals surface area contributed by atoms with Crippen molar-refractivity contribution in [2.45, 2.75) is 29.6 Å². The number of nitrogens with one attached hydrogen (secondary N) is 3. The molecule has 12 heteroatoms. The summed E-state index contributed by atoms with van der Waals surface area (Å²) in [5, 5.41) is 30.3. The van der Waals surface area contributed by atoms with Crippen LogP contribution in [0.3, 0.4) is 0 Å². The fraction of sp³-hybridized carbons (Fsp3) is 0.412. The minimum absolute atomic E-state index is 0.0158. The zero-order valence-corrected chi connectivity index (χ0v) is 15.5. The van der Waals surface area contributed by atoms with Gasteiger partial charge in [-0.1, -0.05) is 18.2 Å². The van der Waals surface area contributed by atoms with Crippen LogP contribution in [0.5, 0.6) is 0 Å². The van der Waals surface area contributed by atoms with Gasteiger partial charge < -0.3 is 31.3 Å². The smallest absolute Gasteiger partial charge is 0.346 e. The Morgan fingerprint density at radius 1 is 1.31 bits per heavy atom. The van der Waals surface area contributed by atoms with Crippen molar-refractivity contribution in [3.63, 3.8) is 0 Å². The van der Waals surface area contributed by atoms with Crippen molar-refractivity contribution in [2.75, 3.05) is 13.6 Å². The number of amides is 1. The lowest BCUT2D eigenvalue weighted by atomic mass is 9.85. The molecule has 0 aliphatic carbocycles. The Hall–Kier alpha value is -3.38. The summed E-state index contributed by atoms with van der Waals surface area (Å²) in [4.78, 5) is 29.0. The summed E-state index contributed by atoms with van der Waals surface area (Å²) in [5.41, 5.74) is 10.4. The summed E-state index contributed by atoms with van der Waals surface area (Å²) >= 11 is 0.